The number of rotatable bonds is 7. The molecule has 7 nitrogen and oxygen atoms in total. The quantitative estimate of drug-likeness (QED) is 0.743. The van der Waals surface area contributed by atoms with Crippen LogP contribution >= 0.6 is 0 Å². The zero-order valence-corrected chi connectivity index (χ0v) is 13.7. The number of anilines is 1. The normalized spacial score (nSPS) is 18.0. The number of halogens is 1. The number of pyridine rings is 1. The molecule has 8 heteroatoms. The summed E-state index contributed by atoms with van der Waals surface area (Å²) in [6.07, 6.45) is 8.34. The Kier molecular flexibility index (Phi) is 5.39. The molecule has 0 aromatic carbocycles. The summed E-state index contributed by atoms with van der Waals surface area (Å²) in [7, 11) is 0. The second-order valence-electron chi connectivity index (χ2n) is 5.97. The summed E-state index contributed by atoms with van der Waals surface area (Å²) in [6, 6.07) is 3.32. The summed E-state index contributed by atoms with van der Waals surface area (Å²) in [6.45, 7) is 3.49. The Labute approximate surface area is 144 Å². The maximum absolute atomic E-state index is 14.1. The number of nitrogens with one attached hydrogen (secondary N) is 1. The van der Waals surface area contributed by atoms with Gasteiger partial charge < -0.3 is 10.4 Å². The van der Waals surface area contributed by atoms with Crippen LogP contribution in [0.25, 0.3) is 6.08 Å². The fourth-order valence-electron chi connectivity index (χ4n) is 2.84. The highest BCUT2D eigenvalue weighted by atomic mass is 19.1. The number of nitrogens with zero attached hydrogens (tertiary/aromatic N) is 4. The van der Waals surface area contributed by atoms with E-state index in [4.69, 9.17) is 5.11 Å². The number of carbonyl (C=O) groups is 1. The smallest absolute Gasteiger partial charge is 0.328 e. The van der Waals surface area contributed by atoms with Crippen molar-refractivity contribution in [2.75, 3.05) is 25.0 Å². The lowest BCUT2D eigenvalue weighted by molar-refractivity contribution is -0.131. The second kappa shape index (κ2) is 7.89. The third-order valence-electron chi connectivity index (χ3n) is 4.10. The van der Waals surface area contributed by atoms with Crippen molar-refractivity contribution < 1.29 is 14.3 Å². The molecular formula is C17H20FN5O2. The van der Waals surface area contributed by atoms with Crippen molar-refractivity contribution >= 4 is 17.9 Å². The monoisotopic (exact) mass is 345 g/mol. The van der Waals surface area contributed by atoms with Crippen LogP contribution in [-0.2, 0) is 11.3 Å². The molecule has 0 spiro atoms. The van der Waals surface area contributed by atoms with Gasteiger partial charge in [0.05, 0.1) is 6.54 Å². The lowest BCUT2D eigenvalue weighted by Gasteiger charge is -2.17. The third-order valence-corrected chi connectivity index (χ3v) is 4.10. The predicted octanol–water partition coefficient (Wildman–Crippen LogP) is 1.70. The molecule has 2 N–H and O–H groups in total. The van der Waals surface area contributed by atoms with E-state index < -0.39 is 11.8 Å². The van der Waals surface area contributed by atoms with Crippen molar-refractivity contribution in [3.8, 4) is 0 Å². The highest BCUT2D eigenvalue weighted by Crippen LogP contribution is 2.18. The first-order valence-corrected chi connectivity index (χ1v) is 8.13. The molecule has 3 rings (SSSR count). The predicted molar refractivity (Wildman–Crippen MR) is 91.6 cm³/mol. The highest BCUT2D eigenvalue weighted by Gasteiger charge is 2.23. The largest absolute Gasteiger partial charge is 0.478 e. The first-order chi connectivity index (χ1) is 12.1. The standard InChI is InChI=1S/C17H20FN5O2/c18-15-10-13(2-3-16(24)25)11-19-17(15)21-14-4-7-22(12-14)8-9-23-6-1-5-20-23/h1-3,5-6,10-11,14H,4,7-9,12H2,(H,19,21)(H,24,25)/b3-2+/t14-/m1/s1. The molecule has 1 aliphatic rings. The second-order valence-corrected chi connectivity index (χ2v) is 5.97. The van der Waals surface area contributed by atoms with Crippen molar-refractivity contribution in [1.29, 1.82) is 0 Å². The summed E-state index contributed by atoms with van der Waals surface area (Å²) in [5.74, 6) is -1.36. The molecule has 0 unspecified atom stereocenters. The van der Waals surface area contributed by atoms with E-state index in [-0.39, 0.29) is 11.9 Å². The van der Waals surface area contributed by atoms with E-state index in [9.17, 15) is 9.18 Å². The molecule has 132 valence electrons. The van der Waals surface area contributed by atoms with E-state index in [2.05, 4.69) is 20.3 Å². The summed E-state index contributed by atoms with van der Waals surface area (Å²) >= 11 is 0. The van der Waals surface area contributed by atoms with Crippen LogP contribution in [0.15, 0.2) is 36.8 Å². The molecule has 0 bridgehead atoms. The molecule has 1 aliphatic heterocycles. The topological polar surface area (TPSA) is 83.3 Å². The van der Waals surface area contributed by atoms with Gasteiger partial charge in [0.25, 0.3) is 0 Å². The minimum atomic E-state index is -1.08. The van der Waals surface area contributed by atoms with Crippen LogP contribution in [0.3, 0.4) is 0 Å². The lowest BCUT2D eigenvalue weighted by Crippen LogP contribution is -2.29. The fourth-order valence-corrected chi connectivity index (χ4v) is 2.84. The van der Waals surface area contributed by atoms with Gasteiger partial charge in [-0.3, -0.25) is 9.58 Å². The minimum absolute atomic E-state index is 0.139. The first kappa shape index (κ1) is 17.1. The Morgan fingerprint density at radius 3 is 3.08 bits per heavy atom. The molecule has 3 heterocycles. The Morgan fingerprint density at radius 2 is 2.36 bits per heavy atom. The molecule has 1 saturated heterocycles. The van der Waals surface area contributed by atoms with Crippen LogP contribution < -0.4 is 5.32 Å². The zero-order chi connectivity index (χ0) is 17.6. The number of likely N-dealkylation sites (tertiary alicyclic amines) is 1. The van der Waals surface area contributed by atoms with Gasteiger partial charge in [0.1, 0.15) is 0 Å². The summed E-state index contributed by atoms with van der Waals surface area (Å²) in [5.41, 5.74) is 0.415. The van der Waals surface area contributed by atoms with E-state index in [1.165, 1.54) is 18.3 Å². The molecule has 0 radical (unpaired) electrons. The Bertz CT molecular complexity index is 748. The van der Waals surface area contributed by atoms with Crippen molar-refractivity contribution in [2.24, 2.45) is 0 Å². The Balaban J connectivity index is 1.51. The van der Waals surface area contributed by atoms with Gasteiger partial charge in [-0.25, -0.2) is 14.2 Å². The summed E-state index contributed by atoms with van der Waals surface area (Å²) in [5, 5.41) is 15.9. The van der Waals surface area contributed by atoms with Gasteiger partial charge in [0.2, 0.25) is 0 Å². The van der Waals surface area contributed by atoms with Crippen LogP contribution in [0.1, 0.15) is 12.0 Å². The maximum Gasteiger partial charge on any atom is 0.328 e. The maximum atomic E-state index is 14.1. The van der Waals surface area contributed by atoms with Gasteiger partial charge in [-0.05, 0) is 30.2 Å². The number of aliphatic carboxylic acids is 1. The number of carboxylic acid groups (broad SMARTS) is 1. The number of hydrogen-bond acceptors (Lipinski definition) is 5. The molecule has 0 saturated carbocycles. The SMILES string of the molecule is O=C(O)/C=C/c1cnc(N[C@@H]2CCN(CCn3cccn3)C2)c(F)c1. The molecule has 2 aromatic heterocycles. The van der Waals surface area contributed by atoms with Crippen molar-refractivity contribution in [3.05, 3.63) is 48.2 Å². The van der Waals surface area contributed by atoms with Crippen molar-refractivity contribution in [1.82, 2.24) is 19.7 Å². The Morgan fingerprint density at radius 1 is 1.48 bits per heavy atom. The van der Waals surface area contributed by atoms with Crippen molar-refractivity contribution in [2.45, 2.75) is 19.0 Å². The van der Waals surface area contributed by atoms with Gasteiger partial charge in [-0.1, -0.05) is 0 Å². The van der Waals surface area contributed by atoms with Gasteiger partial charge in [-0.2, -0.15) is 5.10 Å². The summed E-state index contributed by atoms with van der Waals surface area (Å²) in [4.78, 5) is 16.9. The van der Waals surface area contributed by atoms with Crippen LogP contribution in [0.2, 0.25) is 0 Å². The molecule has 0 amide bonds. The van der Waals surface area contributed by atoms with E-state index in [0.29, 0.717) is 5.56 Å². The van der Waals surface area contributed by atoms with Gasteiger partial charge in [0, 0.05) is 50.3 Å². The summed E-state index contributed by atoms with van der Waals surface area (Å²) < 4.78 is 16.0. The van der Waals surface area contributed by atoms with E-state index >= 15 is 0 Å². The van der Waals surface area contributed by atoms with E-state index in [1.54, 1.807) is 6.20 Å². The molecular weight excluding hydrogens is 325 g/mol. The molecule has 0 aliphatic carbocycles. The fraction of sp³-hybridized carbons (Fsp3) is 0.353. The molecule has 25 heavy (non-hydrogen) atoms. The van der Waals surface area contributed by atoms with Gasteiger partial charge in [0.15, 0.2) is 11.6 Å². The van der Waals surface area contributed by atoms with Gasteiger partial charge in [-0.15, -0.1) is 0 Å². The van der Waals surface area contributed by atoms with Gasteiger partial charge >= 0.3 is 5.97 Å². The van der Waals surface area contributed by atoms with Crippen LogP contribution in [0.5, 0.6) is 0 Å². The highest BCUT2D eigenvalue weighted by molar-refractivity contribution is 5.85. The molecule has 1 fully saturated rings. The third kappa shape index (κ3) is 4.87. The first-order valence-electron chi connectivity index (χ1n) is 8.13. The lowest BCUT2D eigenvalue weighted by atomic mass is 10.2. The number of aromatic nitrogens is 3. The average Bonchev–Trinajstić information content (AvgIpc) is 3.25. The van der Waals surface area contributed by atoms with Crippen LogP contribution in [0.4, 0.5) is 10.2 Å². The molecule has 2 aromatic rings. The number of hydrogen-bond donors (Lipinski definition) is 2. The zero-order valence-electron chi connectivity index (χ0n) is 13.7. The van der Waals surface area contributed by atoms with E-state index in [1.807, 2.05) is 16.9 Å². The average molecular weight is 345 g/mol. The minimum Gasteiger partial charge on any atom is -0.478 e. The number of carboxylic acids is 1. The van der Waals surface area contributed by atoms with Crippen LogP contribution in [-0.4, -0.2) is 56.4 Å². The Hall–Kier alpha value is -2.74. The van der Waals surface area contributed by atoms with Crippen LogP contribution in [0, 0.1) is 5.82 Å². The van der Waals surface area contributed by atoms with E-state index in [0.717, 1.165) is 38.7 Å². The van der Waals surface area contributed by atoms with Crippen molar-refractivity contribution in [3.63, 3.8) is 0 Å². The molecule has 1 atom stereocenters.